The molecule has 2 rings (SSSR count). The summed E-state index contributed by atoms with van der Waals surface area (Å²) in [7, 11) is 3.52. The maximum absolute atomic E-state index is 12.6. The van der Waals surface area contributed by atoms with E-state index < -0.39 is 12.0 Å². The number of nitrogens with one attached hydrogen (secondary N) is 1. The number of amides is 1. The van der Waals surface area contributed by atoms with Crippen molar-refractivity contribution in [1.29, 1.82) is 0 Å². The maximum atomic E-state index is 12.6. The number of nitrogens with zero attached hydrogens (tertiary/aromatic N) is 4. The van der Waals surface area contributed by atoms with Crippen LogP contribution in [-0.2, 0) is 16.1 Å². The van der Waals surface area contributed by atoms with Crippen molar-refractivity contribution in [3.05, 3.63) is 35.7 Å². The van der Waals surface area contributed by atoms with E-state index in [1.165, 1.54) is 0 Å². The van der Waals surface area contributed by atoms with Gasteiger partial charge >= 0.3 is 5.97 Å². The second kappa shape index (κ2) is 10.4. The molecule has 1 aromatic carbocycles. The number of carbonyl (C=O) groups excluding carboxylic acids is 2. The van der Waals surface area contributed by atoms with Gasteiger partial charge in [-0.15, -0.1) is 0 Å². The predicted octanol–water partition coefficient (Wildman–Crippen LogP) is 1.42. The molecule has 0 saturated carbocycles. The Morgan fingerprint density at radius 3 is 2.37 bits per heavy atom. The minimum absolute atomic E-state index is 0.0314. The quantitative estimate of drug-likeness (QED) is 0.582. The van der Waals surface area contributed by atoms with Gasteiger partial charge in [0.1, 0.15) is 11.8 Å². The summed E-state index contributed by atoms with van der Waals surface area (Å²) in [5.41, 5.74) is 6.09. The van der Waals surface area contributed by atoms with Gasteiger partial charge in [-0.3, -0.25) is 4.79 Å². The first kappa shape index (κ1) is 22.9. The van der Waals surface area contributed by atoms with Crippen molar-refractivity contribution in [3.8, 4) is 5.75 Å². The molecule has 0 aliphatic rings. The number of ether oxygens (including phenoxy) is 2. The van der Waals surface area contributed by atoms with Gasteiger partial charge in [0.15, 0.2) is 12.4 Å². The molecule has 0 fully saturated rings. The molecule has 1 aromatic heterocycles. The van der Waals surface area contributed by atoms with Crippen molar-refractivity contribution in [2.75, 3.05) is 31.3 Å². The van der Waals surface area contributed by atoms with Crippen LogP contribution in [0.2, 0.25) is 0 Å². The fourth-order valence-electron chi connectivity index (χ4n) is 2.51. The monoisotopic (exact) mass is 416 g/mol. The lowest BCUT2D eigenvalue weighted by Gasteiger charge is -2.21. The lowest BCUT2D eigenvalue weighted by Crippen LogP contribution is -2.45. The Kier molecular flexibility index (Phi) is 7.90. The fourth-order valence-corrected chi connectivity index (χ4v) is 2.51. The number of aromatic nitrogens is 3. The molecule has 1 amide bonds. The average Bonchev–Trinajstić information content (AvgIpc) is 2.70. The smallest absolute Gasteiger partial charge is 0.329 e. The number of hydrogen-bond donors (Lipinski definition) is 2. The number of anilines is 2. The highest BCUT2D eigenvalue weighted by atomic mass is 16.5. The second-order valence-electron chi connectivity index (χ2n) is 7.06. The third kappa shape index (κ3) is 6.29. The topological polar surface area (TPSA) is 133 Å². The molecule has 10 nitrogen and oxygen atoms in total. The Morgan fingerprint density at radius 1 is 1.13 bits per heavy atom. The summed E-state index contributed by atoms with van der Waals surface area (Å²) in [6.07, 6.45) is 0. The Bertz CT molecular complexity index is 870. The highest BCUT2D eigenvalue weighted by molar-refractivity contribution is 5.96. The zero-order valence-electron chi connectivity index (χ0n) is 17.9. The van der Waals surface area contributed by atoms with Gasteiger partial charge in [0.2, 0.25) is 11.9 Å². The molecule has 10 heteroatoms. The summed E-state index contributed by atoms with van der Waals surface area (Å²) >= 11 is 0. The highest BCUT2D eigenvalue weighted by Crippen LogP contribution is 2.14. The Morgan fingerprint density at radius 2 is 1.80 bits per heavy atom. The number of nitrogens with two attached hydrogens (primary N) is 1. The first-order chi connectivity index (χ1) is 14.2. The number of benzene rings is 1. The number of nitrogen functional groups attached to an aromatic ring is 1. The summed E-state index contributed by atoms with van der Waals surface area (Å²) < 4.78 is 10.7. The van der Waals surface area contributed by atoms with Gasteiger partial charge < -0.3 is 25.4 Å². The van der Waals surface area contributed by atoms with Crippen molar-refractivity contribution in [1.82, 2.24) is 20.3 Å². The Hall–Kier alpha value is -3.43. The molecule has 30 heavy (non-hydrogen) atoms. The molecule has 0 saturated heterocycles. The van der Waals surface area contributed by atoms with E-state index >= 15 is 0 Å². The van der Waals surface area contributed by atoms with E-state index in [2.05, 4.69) is 20.3 Å². The Labute approximate surface area is 175 Å². The largest absolute Gasteiger partial charge is 0.494 e. The normalized spacial score (nSPS) is 11.7. The third-order valence-electron chi connectivity index (χ3n) is 4.07. The number of carbonyl (C=O) groups is 2. The summed E-state index contributed by atoms with van der Waals surface area (Å²) in [6, 6.07) is 5.85. The zero-order chi connectivity index (χ0) is 22.3. The summed E-state index contributed by atoms with van der Waals surface area (Å²) in [5.74, 6) is 0.122. The van der Waals surface area contributed by atoms with Crippen LogP contribution in [-0.4, -0.2) is 53.6 Å². The van der Waals surface area contributed by atoms with Gasteiger partial charge in [0, 0.05) is 19.7 Å². The van der Waals surface area contributed by atoms with Gasteiger partial charge in [0.05, 0.1) is 6.61 Å². The first-order valence-electron chi connectivity index (χ1n) is 9.59. The number of hydrogen-bond acceptors (Lipinski definition) is 9. The van der Waals surface area contributed by atoms with Gasteiger partial charge in [-0.25, -0.2) is 4.79 Å². The molecule has 0 bridgehead atoms. The number of esters is 1. The molecule has 1 atom stereocenters. The van der Waals surface area contributed by atoms with Crippen LogP contribution in [0.25, 0.3) is 0 Å². The molecule has 0 radical (unpaired) electrons. The van der Waals surface area contributed by atoms with E-state index in [4.69, 9.17) is 15.2 Å². The fraction of sp³-hybridized carbons (Fsp3) is 0.450. The summed E-state index contributed by atoms with van der Waals surface area (Å²) in [5, 5.41) is 2.72. The summed E-state index contributed by atoms with van der Waals surface area (Å²) in [4.78, 5) is 39.0. The van der Waals surface area contributed by atoms with E-state index in [9.17, 15) is 9.59 Å². The molecule has 3 N–H and O–H groups in total. The molecule has 162 valence electrons. The summed E-state index contributed by atoms with van der Waals surface area (Å²) in [6.45, 7) is 5.86. The van der Waals surface area contributed by atoms with Crippen LogP contribution in [0.5, 0.6) is 5.75 Å². The van der Waals surface area contributed by atoms with Crippen molar-refractivity contribution in [2.24, 2.45) is 5.92 Å². The molecule has 0 aliphatic carbocycles. The molecule has 0 unspecified atom stereocenters. The van der Waals surface area contributed by atoms with Crippen LogP contribution in [0.1, 0.15) is 37.0 Å². The van der Waals surface area contributed by atoms with Crippen molar-refractivity contribution in [2.45, 2.75) is 33.4 Å². The molecule has 2 aromatic rings. The van der Waals surface area contributed by atoms with Crippen LogP contribution in [0.3, 0.4) is 0 Å². The van der Waals surface area contributed by atoms with Crippen molar-refractivity contribution in [3.63, 3.8) is 0 Å². The van der Waals surface area contributed by atoms with E-state index in [1.807, 2.05) is 20.8 Å². The molecule has 0 spiro atoms. The van der Waals surface area contributed by atoms with Crippen LogP contribution in [0.15, 0.2) is 24.3 Å². The SMILES string of the molecule is CCOc1ccc(C(=O)N[C@H](C(=O)OCc2nc(N)nc(N(C)C)n2)C(C)C)cc1. The minimum Gasteiger partial charge on any atom is -0.494 e. The highest BCUT2D eigenvalue weighted by Gasteiger charge is 2.26. The number of rotatable bonds is 9. The standard InChI is InChI=1S/C20H28N6O4/c1-6-29-14-9-7-13(8-10-14)17(27)24-16(12(2)3)18(28)30-11-15-22-19(21)25-20(23-15)26(4)5/h7-10,12,16H,6,11H2,1-5H3,(H,24,27)(H2,21,22,23,25)/t16-/m0/s1. The maximum Gasteiger partial charge on any atom is 0.329 e. The van der Waals surface area contributed by atoms with Crippen LogP contribution in [0, 0.1) is 5.92 Å². The average molecular weight is 416 g/mol. The molecule has 1 heterocycles. The zero-order valence-corrected chi connectivity index (χ0v) is 17.9. The first-order valence-corrected chi connectivity index (χ1v) is 9.59. The van der Waals surface area contributed by atoms with Gasteiger partial charge in [-0.1, -0.05) is 13.8 Å². The van der Waals surface area contributed by atoms with Crippen LogP contribution >= 0.6 is 0 Å². The van der Waals surface area contributed by atoms with E-state index in [1.54, 1.807) is 43.3 Å². The van der Waals surface area contributed by atoms with Gasteiger partial charge in [0.25, 0.3) is 5.91 Å². The van der Waals surface area contributed by atoms with Crippen molar-refractivity contribution >= 4 is 23.8 Å². The minimum atomic E-state index is -0.837. The third-order valence-corrected chi connectivity index (χ3v) is 4.07. The van der Waals surface area contributed by atoms with Gasteiger partial charge in [-0.2, -0.15) is 15.0 Å². The van der Waals surface area contributed by atoms with Crippen molar-refractivity contribution < 1.29 is 19.1 Å². The Balaban J connectivity index is 2.03. The van der Waals surface area contributed by atoms with Crippen LogP contribution < -0.4 is 20.7 Å². The lowest BCUT2D eigenvalue weighted by atomic mass is 10.0. The molecular weight excluding hydrogens is 388 g/mol. The lowest BCUT2D eigenvalue weighted by molar-refractivity contribution is -0.148. The van der Waals surface area contributed by atoms with E-state index in [0.717, 1.165) is 0 Å². The van der Waals surface area contributed by atoms with E-state index in [0.29, 0.717) is 23.9 Å². The van der Waals surface area contributed by atoms with E-state index in [-0.39, 0.29) is 30.2 Å². The van der Waals surface area contributed by atoms with Crippen LogP contribution in [0.4, 0.5) is 11.9 Å². The van der Waals surface area contributed by atoms with Gasteiger partial charge in [-0.05, 0) is 37.1 Å². The predicted molar refractivity (Wildman–Crippen MR) is 112 cm³/mol. The molecule has 0 aliphatic heterocycles. The molecular formula is C20H28N6O4. The second-order valence-corrected chi connectivity index (χ2v) is 7.06.